The van der Waals surface area contributed by atoms with Crippen molar-refractivity contribution in [3.05, 3.63) is 29.8 Å². The summed E-state index contributed by atoms with van der Waals surface area (Å²) in [5.41, 5.74) is 0.841. The molecule has 2 saturated heterocycles. The number of ether oxygens (including phenoxy) is 1. The first-order chi connectivity index (χ1) is 12.5. The van der Waals surface area contributed by atoms with Gasteiger partial charge in [-0.2, -0.15) is 0 Å². The molecule has 142 valence electrons. The minimum atomic E-state index is -3.24. The zero-order valence-electron chi connectivity index (χ0n) is 14.7. The fraction of sp³-hybridized carbons (Fsp3) is 0.556. The molecule has 0 N–H and O–H groups in total. The Morgan fingerprint density at radius 2 is 1.58 bits per heavy atom. The lowest BCUT2D eigenvalue weighted by Gasteiger charge is -2.20. The molecular formula is C18H24N2O5S. The second kappa shape index (κ2) is 8.07. The number of likely N-dealkylation sites (tertiary alicyclic amines) is 1. The van der Waals surface area contributed by atoms with Crippen LogP contribution in [-0.2, 0) is 19.6 Å². The van der Waals surface area contributed by atoms with Gasteiger partial charge in [0.15, 0.2) is 6.61 Å². The van der Waals surface area contributed by atoms with Gasteiger partial charge in [0, 0.05) is 19.6 Å². The quantitative estimate of drug-likeness (QED) is 0.744. The lowest BCUT2D eigenvalue weighted by atomic mass is 10.2. The molecule has 0 radical (unpaired) electrons. The maximum atomic E-state index is 12.2. The monoisotopic (exact) mass is 380 g/mol. The second-order valence-electron chi connectivity index (χ2n) is 6.66. The van der Waals surface area contributed by atoms with Gasteiger partial charge in [-0.25, -0.2) is 13.2 Å². The third-order valence-corrected chi connectivity index (χ3v) is 6.65. The van der Waals surface area contributed by atoms with Gasteiger partial charge in [0.1, 0.15) is 0 Å². The molecule has 1 aromatic rings. The molecule has 2 aliphatic rings. The highest BCUT2D eigenvalue weighted by atomic mass is 32.2. The molecule has 0 saturated carbocycles. The molecule has 0 aliphatic carbocycles. The summed E-state index contributed by atoms with van der Waals surface area (Å²) in [5.74, 6) is -0.598. The molecule has 26 heavy (non-hydrogen) atoms. The first-order valence-corrected chi connectivity index (χ1v) is 10.6. The minimum Gasteiger partial charge on any atom is -0.452 e. The number of hydrogen-bond acceptors (Lipinski definition) is 5. The van der Waals surface area contributed by atoms with Crippen molar-refractivity contribution >= 4 is 27.6 Å². The molecular weight excluding hydrogens is 356 g/mol. The number of amides is 1. The van der Waals surface area contributed by atoms with Gasteiger partial charge in [0.05, 0.1) is 17.0 Å². The van der Waals surface area contributed by atoms with E-state index in [0.29, 0.717) is 24.2 Å². The molecule has 0 atom stereocenters. The summed E-state index contributed by atoms with van der Waals surface area (Å²) >= 11 is 0. The summed E-state index contributed by atoms with van der Waals surface area (Å²) < 4.78 is 30.3. The van der Waals surface area contributed by atoms with Gasteiger partial charge < -0.3 is 9.64 Å². The first-order valence-electron chi connectivity index (χ1n) is 9.03. The standard InChI is InChI=1S/C18H24N2O5S/c21-17(19-10-3-1-2-4-11-19)14-25-18(22)15-6-8-16(9-7-15)20-12-5-13-26(20,23)24/h6-9H,1-5,10-14H2. The summed E-state index contributed by atoms with van der Waals surface area (Å²) in [4.78, 5) is 26.0. The number of sulfonamides is 1. The molecule has 2 fully saturated rings. The minimum absolute atomic E-state index is 0.148. The van der Waals surface area contributed by atoms with Crippen molar-refractivity contribution in [3.8, 4) is 0 Å². The molecule has 3 rings (SSSR count). The average molecular weight is 380 g/mol. The second-order valence-corrected chi connectivity index (χ2v) is 8.67. The van der Waals surface area contributed by atoms with Crippen LogP contribution in [0.2, 0.25) is 0 Å². The number of nitrogens with zero attached hydrogens (tertiary/aromatic N) is 2. The Balaban J connectivity index is 1.55. The third kappa shape index (κ3) is 4.35. The number of benzene rings is 1. The van der Waals surface area contributed by atoms with Gasteiger partial charge in [-0.1, -0.05) is 12.8 Å². The highest BCUT2D eigenvalue weighted by Gasteiger charge is 2.28. The summed E-state index contributed by atoms with van der Waals surface area (Å²) in [5, 5.41) is 0. The van der Waals surface area contributed by atoms with Crippen molar-refractivity contribution in [1.82, 2.24) is 4.90 Å². The Bertz CT molecular complexity index is 752. The van der Waals surface area contributed by atoms with E-state index in [1.165, 1.54) is 16.4 Å². The maximum absolute atomic E-state index is 12.2. The van der Waals surface area contributed by atoms with Gasteiger partial charge in [-0.3, -0.25) is 9.10 Å². The van der Waals surface area contributed by atoms with E-state index in [-0.39, 0.29) is 18.3 Å². The molecule has 0 spiro atoms. The fourth-order valence-electron chi connectivity index (χ4n) is 3.32. The van der Waals surface area contributed by atoms with Crippen LogP contribution in [0.25, 0.3) is 0 Å². The van der Waals surface area contributed by atoms with Crippen LogP contribution in [0, 0.1) is 0 Å². The Morgan fingerprint density at radius 1 is 0.923 bits per heavy atom. The number of rotatable bonds is 4. The maximum Gasteiger partial charge on any atom is 0.338 e. The summed E-state index contributed by atoms with van der Waals surface area (Å²) in [6.45, 7) is 1.63. The summed E-state index contributed by atoms with van der Waals surface area (Å²) in [6.07, 6.45) is 4.83. The van der Waals surface area contributed by atoms with Gasteiger partial charge in [-0.15, -0.1) is 0 Å². The lowest BCUT2D eigenvalue weighted by Crippen LogP contribution is -2.35. The van der Waals surface area contributed by atoms with E-state index >= 15 is 0 Å². The van der Waals surface area contributed by atoms with E-state index < -0.39 is 16.0 Å². The van der Waals surface area contributed by atoms with E-state index in [2.05, 4.69) is 0 Å². The van der Waals surface area contributed by atoms with Gasteiger partial charge in [-0.05, 0) is 43.5 Å². The van der Waals surface area contributed by atoms with Crippen LogP contribution in [-0.4, -0.2) is 57.2 Å². The number of anilines is 1. The van der Waals surface area contributed by atoms with Crippen molar-refractivity contribution in [2.45, 2.75) is 32.1 Å². The molecule has 2 aliphatic heterocycles. The third-order valence-electron chi connectivity index (χ3n) is 4.78. The number of hydrogen-bond donors (Lipinski definition) is 0. The number of esters is 1. The summed E-state index contributed by atoms with van der Waals surface area (Å²) in [7, 11) is -3.24. The molecule has 0 aromatic heterocycles. The number of carbonyl (C=O) groups excluding carboxylic acids is 2. The molecule has 0 unspecified atom stereocenters. The largest absolute Gasteiger partial charge is 0.452 e. The molecule has 1 amide bonds. The van der Waals surface area contributed by atoms with Crippen LogP contribution in [0.1, 0.15) is 42.5 Å². The van der Waals surface area contributed by atoms with Gasteiger partial charge in [0.2, 0.25) is 10.0 Å². The number of carbonyl (C=O) groups is 2. The SMILES string of the molecule is O=C(OCC(=O)N1CCCCCC1)c1ccc(N2CCCS2(=O)=O)cc1. The van der Waals surface area contributed by atoms with Crippen LogP contribution in [0.4, 0.5) is 5.69 Å². The molecule has 1 aromatic carbocycles. The Hall–Kier alpha value is -2.09. The normalized spacial score (nSPS) is 19.8. The van der Waals surface area contributed by atoms with Crippen molar-refractivity contribution in [1.29, 1.82) is 0 Å². The summed E-state index contributed by atoms with van der Waals surface area (Å²) in [6, 6.07) is 6.25. The molecule has 0 bridgehead atoms. The lowest BCUT2D eigenvalue weighted by molar-refractivity contribution is -0.134. The highest BCUT2D eigenvalue weighted by molar-refractivity contribution is 7.93. The van der Waals surface area contributed by atoms with Crippen LogP contribution in [0.15, 0.2) is 24.3 Å². The van der Waals surface area contributed by atoms with E-state index in [1.807, 2.05) is 0 Å². The van der Waals surface area contributed by atoms with E-state index in [1.54, 1.807) is 17.0 Å². The molecule has 8 heteroatoms. The smallest absolute Gasteiger partial charge is 0.338 e. The van der Waals surface area contributed by atoms with Crippen molar-refractivity contribution in [2.24, 2.45) is 0 Å². The van der Waals surface area contributed by atoms with E-state index in [4.69, 9.17) is 4.74 Å². The first kappa shape index (κ1) is 18.7. The van der Waals surface area contributed by atoms with E-state index in [0.717, 1.165) is 38.8 Å². The van der Waals surface area contributed by atoms with Crippen molar-refractivity contribution < 1.29 is 22.7 Å². The van der Waals surface area contributed by atoms with Crippen LogP contribution >= 0.6 is 0 Å². The van der Waals surface area contributed by atoms with Crippen LogP contribution < -0.4 is 4.31 Å². The Morgan fingerprint density at radius 3 is 2.15 bits per heavy atom. The van der Waals surface area contributed by atoms with Crippen molar-refractivity contribution in [2.75, 3.05) is 36.3 Å². The van der Waals surface area contributed by atoms with E-state index in [9.17, 15) is 18.0 Å². The topological polar surface area (TPSA) is 84.0 Å². The average Bonchev–Trinajstić information content (AvgIpc) is 2.84. The Kier molecular flexibility index (Phi) is 5.80. The molecule has 7 nitrogen and oxygen atoms in total. The predicted molar refractivity (Wildman–Crippen MR) is 97.5 cm³/mol. The van der Waals surface area contributed by atoms with Crippen LogP contribution in [0.3, 0.4) is 0 Å². The zero-order valence-corrected chi connectivity index (χ0v) is 15.5. The molecule has 2 heterocycles. The zero-order chi connectivity index (χ0) is 18.6. The van der Waals surface area contributed by atoms with Crippen molar-refractivity contribution in [3.63, 3.8) is 0 Å². The van der Waals surface area contributed by atoms with Gasteiger partial charge >= 0.3 is 5.97 Å². The Labute approximate surface area is 154 Å². The van der Waals surface area contributed by atoms with Crippen LogP contribution in [0.5, 0.6) is 0 Å². The van der Waals surface area contributed by atoms with Gasteiger partial charge in [0.25, 0.3) is 5.91 Å². The predicted octanol–water partition coefficient (Wildman–Crippen LogP) is 1.79. The fourth-order valence-corrected chi connectivity index (χ4v) is 4.88. The highest BCUT2D eigenvalue weighted by Crippen LogP contribution is 2.24.